The number of piperidine rings is 1. The van der Waals surface area contributed by atoms with E-state index in [-0.39, 0.29) is 17.0 Å². The molecule has 1 saturated carbocycles. The Hall–Kier alpha value is -0.540. The summed E-state index contributed by atoms with van der Waals surface area (Å²) in [6.45, 7) is 1.24. The van der Waals surface area contributed by atoms with Crippen LogP contribution in [0.15, 0.2) is 18.2 Å². The van der Waals surface area contributed by atoms with Crippen molar-refractivity contribution < 1.29 is 5.11 Å². The second-order valence-corrected chi connectivity index (χ2v) is 6.85. The van der Waals surface area contributed by atoms with Gasteiger partial charge in [0, 0.05) is 11.5 Å². The Bertz CT molecular complexity index is 518. The molecule has 1 aromatic rings. The fourth-order valence-electron chi connectivity index (χ4n) is 5.21. The van der Waals surface area contributed by atoms with Crippen molar-refractivity contribution in [2.45, 2.75) is 50.0 Å². The summed E-state index contributed by atoms with van der Waals surface area (Å²) in [6, 6.07) is 6.85. The van der Waals surface area contributed by atoms with Crippen molar-refractivity contribution >= 4 is 17.0 Å². The maximum absolute atomic E-state index is 9.80. The van der Waals surface area contributed by atoms with Crippen molar-refractivity contribution in [2.75, 3.05) is 13.6 Å². The summed E-state index contributed by atoms with van der Waals surface area (Å²) in [5, 5.41) is 9.80. The van der Waals surface area contributed by atoms with Gasteiger partial charge in [-0.25, -0.2) is 0 Å². The molecule has 1 saturated heterocycles. The highest BCUT2D eigenvalue weighted by Crippen LogP contribution is 2.55. The van der Waals surface area contributed by atoms with Crippen LogP contribution in [0.2, 0.25) is 0 Å². The standard InChI is InChI=1S/C17H23NO.BrH/c1-18-9-8-17-7-3-2-4-15(17)16(18)11-12-10-13(19)5-6-14(12)17;/h5-6,10,15-16,19H,2-4,7-9,11H2,1H3;1H/t15-,16-,17-;/m0./s1. The van der Waals surface area contributed by atoms with Crippen LogP contribution in [-0.4, -0.2) is 29.6 Å². The van der Waals surface area contributed by atoms with Gasteiger partial charge in [-0.1, -0.05) is 18.9 Å². The van der Waals surface area contributed by atoms with E-state index in [0.29, 0.717) is 17.2 Å². The Morgan fingerprint density at radius 1 is 1.25 bits per heavy atom. The minimum Gasteiger partial charge on any atom is -0.508 e. The number of hydrogen-bond acceptors (Lipinski definition) is 2. The molecule has 3 heteroatoms. The zero-order valence-electron chi connectivity index (χ0n) is 12.1. The summed E-state index contributed by atoms with van der Waals surface area (Å²) in [6.07, 6.45) is 7.99. The van der Waals surface area contributed by atoms with E-state index < -0.39 is 0 Å². The average Bonchev–Trinajstić information content (AvgIpc) is 2.42. The van der Waals surface area contributed by atoms with Crippen molar-refractivity contribution in [2.24, 2.45) is 5.92 Å². The summed E-state index contributed by atoms with van der Waals surface area (Å²) >= 11 is 0. The molecule has 1 aromatic carbocycles. The van der Waals surface area contributed by atoms with Crippen molar-refractivity contribution in [3.63, 3.8) is 0 Å². The van der Waals surface area contributed by atoms with Gasteiger partial charge >= 0.3 is 0 Å². The third-order valence-corrected chi connectivity index (χ3v) is 6.09. The van der Waals surface area contributed by atoms with E-state index in [4.69, 9.17) is 0 Å². The number of rotatable bonds is 0. The highest BCUT2D eigenvalue weighted by molar-refractivity contribution is 8.93. The molecule has 0 aromatic heterocycles. The lowest BCUT2D eigenvalue weighted by Crippen LogP contribution is -2.59. The Labute approximate surface area is 131 Å². The molecule has 0 spiro atoms. The van der Waals surface area contributed by atoms with E-state index in [2.05, 4.69) is 18.0 Å². The van der Waals surface area contributed by atoms with Gasteiger partial charge in [-0.2, -0.15) is 0 Å². The van der Waals surface area contributed by atoms with Crippen molar-refractivity contribution in [1.29, 1.82) is 0 Å². The number of phenolic OH excluding ortho intramolecular Hbond substituents is 1. The Morgan fingerprint density at radius 2 is 2.10 bits per heavy atom. The molecule has 1 aliphatic heterocycles. The van der Waals surface area contributed by atoms with Crippen LogP contribution in [0, 0.1) is 5.92 Å². The number of phenols is 1. The Morgan fingerprint density at radius 3 is 2.95 bits per heavy atom. The first-order valence-corrected chi connectivity index (χ1v) is 7.73. The van der Waals surface area contributed by atoms with E-state index in [1.54, 1.807) is 5.56 Å². The quantitative estimate of drug-likeness (QED) is 0.780. The average molecular weight is 338 g/mol. The molecule has 0 amide bonds. The molecule has 2 nitrogen and oxygen atoms in total. The molecule has 1 heterocycles. The number of fused-ring (bicyclic) bond motifs is 1. The second-order valence-electron chi connectivity index (χ2n) is 6.85. The summed E-state index contributed by atoms with van der Waals surface area (Å²) in [5.41, 5.74) is 3.41. The number of benzene rings is 1. The number of hydrogen-bond donors (Lipinski definition) is 1. The predicted octanol–water partition coefficient (Wildman–Crippen LogP) is 3.66. The highest BCUT2D eigenvalue weighted by Gasteiger charge is 2.52. The fraction of sp³-hybridized carbons (Fsp3) is 0.647. The molecule has 2 bridgehead atoms. The molecule has 0 radical (unpaired) electrons. The van der Waals surface area contributed by atoms with Crippen molar-refractivity contribution in [3.8, 4) is 5.75 Å². The maximum atomic E-state index is 9.80. The van der Waals surface area contributed by atoms with Crippen LogP contribution in [0.1, 0.15) is 43.2 Å². The number of aromatic hydroxyl groups is 1. The first kappa shape index (κ1) is 14.4. The van der Waals surface area contributed by atoms with Gasteiger partial charge in [-0.05, 0) is 68.5 Å². The molecular weight excluding hydrogens is 314 g/mol. The summed E-state index contributed by atoms with van der Waals surface area (Å²) in [7, 11) is 2.29. The number of nitrogens with zero attached hydrogens (tertiary/aromatic N) is 1. The summed E-state index contributed by atoms with van der Waals surface area (Å²) < 4.78 is 0. The normalized spacial score (nSPS) is 35.6. The lowest BCUT2D eigenvalue weighted by Gasteiger charge is -2.58. The minimum absolute atomic E-state index is 0. The van der Waals surface area contributed by atoms with Gasteiger partial charge in [-0.3, -0.25) is 0 Å². The lowest BCUT2D eigenvalue weighted by molar-refractivity contribution is 0.00280. The first-order chi connectivity index (χ1) is 9.21. The van der Waals surface area contributed by atoms with Gasteiger partial charge in [0.05, 0.1) is 0 Å². The molecule has 3 atom stereocenters. The molecule has 3 aliphatic rings. The van der Waals surface area contributed by atoms with Crippen LogP contribution in [0.3, 0.4) is 0 Å². The number of likely N-dealkylation sites (N-methyl/N-ethyl adjacent to an activating group) is 1. The van der Waals surface area contributed by atoms with E-state index in [0.717, 1.165) is 12.3 Å². The molecular formula is C17H24BrNO. The largest absolute Gasteiger partial charge is 0.508 e. The minimum atomic E-state index is 0. The maximum Gasteiger partial charge on any atom is 0.115 e. The predicted molar refractivity (Wildman–Crippen MR) is 86.8 cm³/mol. The SMILES string of the molecule is Br.CN1CC[C@]23CCCC[C@H]2[C@@H]1Cc1cc(O)ccc13. The van der Waals surface area contributed by atoms with E-state index in [1.807, 2.05) is 12.1 Å². The van der Waals surface area contributed by atoms with Gasteiger partial charge in [0.15, 0.2) is 0 Å². The molecule has 4 rings (SSSR count). The third-order valence-electron chi connectivity index (χ3n) is 6.09. The number of likely N-dealkylation sites (tertiary alicyclic amines) is 1. The molecule has 0 unspecified atom stereocenters. The summed E-state index contributed by atoms with van der Waals surface area (Å²) in [5.74, 6) is 1.28. The van der Waals surface area contributed by atoms with E-state index >= 15 is 0 Å². The van der Waals surface area contributed by atoms with Crippen LogP contribution < -0.4 is 0 Å². The second kappa shape index (κ2) is 5.03. The Kier molecular flexibility index (Phi) is 3.62. The molecule has 2 fully saturated rings. The highest BCUT2D eigenvalue weighted by atomic mass is 79.9. The smallest absolute Gasteiger partial charge is 0.115 e. The van der Waals surface area contributed by atoms with Gasteiger partial charge in [0.1, 0.15) is 5.75 Å². The topological polar surface area (TPSA) is 23.5 Å². The first-order valence-electron chi connectivity index (χ1n) is 7.73. The molecule has 2 aliphatic carbocycles. The third kappa shape index (κ3) is 1.86. The zero-order valence-corrected chi connectivity index (χ0v) is 13.9. The van der Waals surface area contributed by atoms with E-state index in [1.165, 1.54) is 44.2 Å². The lowest BCUT2D eigenvalue weighted by atomic mass is 9.52. The van der Waals surface area contributed by atoms with Crippen LogP contribution in [0.4, 0.5) is 0 Å². The van der Waals surface area contributed by atoms with Crippen LogP contribution in [0.5, 0.6) is 5.75 Å². The fourth-order valence-corrected chi connectivity index (χ4v) is 5.21. The van der Waals surface area contributed by atoms with Crippen LogP contribution in [0.25, 0.3) is 0 Å². The number of halogens is 1. The molecule has 20 heavy (non-hydrogen) atoms. The van der Waals surface area contributed by atoms with Gasteiger partial charge < -0.3 is 10.0 Å². The van der Waals surface area contributed by atoms with E-state index in [9.17, 15) is 5.11 Å². The van der Waals surface area contributed by atoms with Crippen LogP contribution in [-0.2, 0) is 11.8 Å². The van der Waals surface area contributed by atoms with Gasteiger partial charge in [-0.15, -0.1) is 17.0 Å². The molecule has 110 valence electrons. The van der Waals surface area contributed by atoms with Gasteiger partial charge in [0.25, 0.3) is 0 Å². The van der Waals surface area contributed by atoms with Crippen molar-refractivity contribution in [1.82, 2.24) is 4.90 Å². The molecule has 1 N–H and O–H groups in total. The van der Waals surface area contributed by atoms with Gasteiger partial charge in [0.2, 0.25) is 0 Å². The zero-order chi connectivity index (χ0) is 13.0. The van der Waals surface area contributed by atoms with Crippen LogP contribution >= 0.6 is 17.0 Å². The monoisotopic (exact) mass is 337 g/mol. The summed E-state index contributed by atoms with van der Waals surface area (Å²) in [4.78, 5) is 2.57. The Balaban J connectivity index is 0.00000121. The van der Waals surface area contributed by atoms with Crippen molar-refractivity contribution in [3.05, 3.63) is 29.3 Å².